The highest BCUT2D eigenvalue weighted by molar-refractivity contribution is 5.95. The standard InChI is InChI=1S/C31H39F4N5O2/c1-30(2,3)39-15-13-25(23(32)18-39)38-24-9-6-10-27-22(24)17-21(40(27)19-31(33,34)35)8-7-14-37-26-12-11-20(29(41)36-4)16-28(26)42-5/h6,9-12,16,21,23,25,37-38H,13-15,17-19H2,1-5H3,(H,36,41)/t21?,23-,25+/m1/s1/i5D3. The Bertz CT molecular complexity index is 1440. The van der Waals surface area contributed by atoms with Gasteiger partial charge in [-0.25, -0.2) is 4.39 Å². The zero-order chi connectivity index (χ0) is 33.2. The van der Waals surface area contributed by atoms with Gasteiger partial charge in [-0.3, -0.25) is 9.69 Å². The lowest BCUT2D eigenvalue weighted by Crippen LogP contribution is -2.54. The summed E-state index contributed by atoms with van der Waals surface area (Å²) < 4.78 is 83.7. The van der Waals surface area contributed by atoms with Crippen molar-refractivity contribution >= 4 is 23.0 Å². The van der Waals surface area contributed by atoms with Crippen LogP contribution in [0.2, 0.25) is 0 Å². The molecule has 2 aliphatic heterocycles. The Morgan fingerprint density at radius 1 is 1.19 bits per heavy atom. The smallest absolute Gasteiger partial charge is 0.405 e. The van der Waals surface area contributed by atoms with Crippen LogP contribution in [0, 0.1) is 11.8 Å². The number of rotatable bonds is 7. The molecule has 0 saturated carbocycles. The summed E-state index contributed by atoms with van der Waals surface area (Å²) in [6, 6.07) is 8.00. The van der Waals surface area contributed by atoms with Crippen molar-refractivity contribution in [2.45, 2.75) is 63.6 Å². The van der Waals surface area contributed by atoms with E-state index in [1.165, 1.54) is 30.1 Å². The van der Waals surface area contributed by atoms with Crippen molar-refractivity contribution in [2.75, 3.05) is 55.8 Å². The van der Waals surface area contributed by atoms with Crippen LogP contribution in [0.3, 0.4) is 0 Å². The number of piperidine rings is 1. The van der Waals surface area contributed by atoms with Crippen LogP contribution >= 0.6 is 0 Å². The topological polar surface area (TPSA) is 68.9 Å². The third-order valence-electron chi connectivity index (χ3n) is 7.63. The van der Waals surface area contributed by atoms with E-state index in [4.69, 9.17) is 8.85 Å². The highest BCUT2D eigenvalue weighted by atomic mass is 19.4. The lowest BCUT2D eigenvalue weighted by molar-refractivity contribution is -0.120. The zero-order valence-corrected chi connectivity index (χ0v) is 24.2. The van der Waals surface area contributed by atoms with Gasteiger partial charge in [0.1, 0.15) is 18.5 Å². The molecule has 42 heavy (non-hydrogen) atoms. The predicted molar refractivity (Wildman–Crippen MR) is 158 cm³/mol. The summed E-state index contributed by atoms with van der Waals surface area (Å²) in [5.41, 5.74) is 1.91. The summed E-state index contributed by atoms with van der Waals surface area (Å²) >= 11 is 0. The van der Waals surface area contributed by atoms with E-state index in [9.17, 15) is 18.0 Å². The molecule has 2 heterocycles. The molecule has 3 atom stereocenters. The maximum absolute atomic E-state index is 15.2. The van der Waals surface area contributed by atoms with Gasteiger partial charge >= 0.3 is 6.18 Å². The molecule has 0 aliphatic carbocycles. The fourth-order valence-electron chi connectivity index (χ4n) is 5.41. The van der Waals surface area contributed by atoms with Crippen molar-refractivity contribution in [1.82, 2.24) is 10.2 Å². The number of carbonyl (C=O) groups excluding carboxylic acids is 1. The van der Waals surface area contributed by atoms with Crippen LogP contribution in [0.4, 0.5) is 34.6 Å². The summed E-state index contributed by atoms with van der Waals surface area (Å²) in [5, 5.41) is 8.66. The molecule has 228 valence electrons. The molecule has 1 saturated heterocycles. The summed E-state index contributed by atoms with van der Waals surface area (Å²) in [6.07, 6.45) is -4.87. The number of likely N-dealkylation sites (tertiary alicyclic amines) is 1. The molecular formula is C31H39F4N5O2. The van der Waals surface area contributed by atoms with Crippen LogP contribution in [0.25, 0.3) is 0 Å². The number of benzene rings is 2. The number of hydrogen-bond acceptors (Lipinski definition) is 6. The SMILES string of the molecule is [2H]C([2H])([2H])Oc1cc(C(=O)NC)ccc1NCC#CC1Cc2c(N[C@H]3CCN(C(C)(C)C)C[C@H]3F)cccc2N1CC(F)(F)F. The normalized spacial score (nSPS) is 22.1. The van der Waals surface area contributed by atoms with Crippen LogP contribution < -0.4 is 25.6 Å². The Kier molecular flexibility index (Phi) is 8.22. The maximum Gasteiger partial charge on any atom is 0.405 e. The molecule has 1 amide bonds. The van der Waals surface area contributed by atoms with E-state index in [1.54, 1.807) is 18.2 Å². The minimum absolute atomic E-state index is 0.0373. The maximum atomic E-state index is 15.2. The van der Waals surface area contributed by atoms with Gasteiger partial charge < -0.3 is 25.6 Å². The van der Waals surface area contributed by atoms with Gasteiger partial charge in [-0.15, -0.1) is 0 Å². The number of fused-ring (bicyclic) bond motifs is 1. The monoisotopic (exact) mass is 592 g/mol. The van der Waals surface area contributed by atoms with Gasteiger partial charge in [0.05, 0.1) is 35.5 Å². The van der Waals surface area contributed by atoms with E-state index in [1.807, 2.05) is 20.8 Å². The molecule has 0 radical (unpaired) electrons. The van der Waals surface area contributed by atoms with Crippen molar-refractivity contribution in [3.63, 3.8) is 0 Å². The van der Waals surface area contributed by atoms with E-state index >= 15 is 4.39 Å². The zero-order valence-electron chi connectivity index (χ0n) is 27.2. The summed E-state index contributed by atoms with van der Waals surface area (Å²) in [6.45, 7) is 5.84. The molecule has 0 bridgehead atoms. The Labute approximate surface area is 249 Å². The van der Waals surface area contributed by atoms with E-state index in [0.29, 0.717) is 29.9 Å². The molecule has 3 N–H and O–H groups in total. The van der Waals surface area contributed by atoms with Crippen molar-refractivity contribution < 1.29 is 31.2 Å². The van der Waals surface area contributed by atoms with Gasteiger partial charge in [-0.2, -0.15) is 13.2 Å². The second-order valence-electron chi connectivity index (χ2n) is 11.5. The van der Waals surface area contributed by atoms with Crippen molar-refractivity contribution in [3.05, 3.63) is 47.5 Å². The average Bonchev–Trinajstić information content (AvgIpc) is 3.27. The van der Waals surface area contributed by atoms with Gasteiger partial charge in [-0.05, 0) is 57.5 Å². The molecule has 0 spiro atoms. The van der Waals surface area contributed by atoms with Crippen LogP contribution in [0.1, 0.15) is 47.2 Å². The van der Waals surface area contributed by atoms with Gasteiger partial charge in [0.2, 0.25) is 0 Å². The number of amides is 1. The molecular weight excluding hydrogens is 550 g/mol. The van der Waals surface area contributed by atoms with Gasteiger partial charge in [-0.1, -0.05) is 17.9 Å². The summed E-state index contributed by atoms with van der Waals surface area (Å²) in [7, 11) is -1.35. The van der Waals surface area contributed by atoms with Crippen molar-refractivity contribution in [1.29, 1.82) is 0 Å². The molecule has 2 aromatic carbocycles. The predicted octanol–water partition coefficient (Wildman–Crippen LogP) is 5.09. The van der Waals surface area contributed by atoms with Crippen molar-refractivity contribution in [2.24, 2.45) is 0 Å². The number of ether oxygens (including phenoxy) is 1. The largest absolute Gasteiger partial charge is 0.495 e. The molecule has 4 rings (SSSR count). The van der Waals surface area contributed by atoms with Crippen LogP contribution in [0.15, 0.2) is 36.4 Å². The van der Waals surface area contributed by atoms with Gasteiger partial charge in [0.15, 0.2) is 0 Å². The van der Waals surface area contributed by atoms with Crippen LogP contribution in [-0.4, -0.2) is 81.0 Å². The quantitative estimate of drug-likeness (QED) is 0.308. The fourth-order valence-corrected chi connectivity index (χ4v) is 5.41. The number of alkyl halides is 4. The second kappa shape index (κ2) is 12.7. The highest BCUT2D eigenvalue weighted by Crippen LogP contribution is 2.39. The fraction of sp³-hybridized carbons (Fsp3) is 0.516. The Hall–Kier alpha value is -3.65. The molecule has 2 aromatic rings. The molecule has 1 unspecified atom stereocenters. The van der Waals surface area contributed by atoms with Gasteiger partial charge in [0.25, 0.3) is 5.91 Å². The third-order valence-corrected chi connectivity index (χ3v) is 7.63. The van der Waals surface area contributed by atoms with Crippen LogP contribution in [-0.2, 0) is 6.42 Å². The number of carbonyl (C=O) groups is 1. The Balaban J connectivity index is 1.52. The first-order valence-corrected chi connectivity index (χ1v) is 13.8. The molecule has 2 aliphatic rings. The summed E-state index contributed by atoms with van der Waals surface area (Å²) in [5.74, 6) is 5.26. The number of hydrogen-bond donors (Lipinski definition) is 3. The summed E-state index contributed by atoms with van der Waals surface area (Å²) in [4.78, 5) is 15.3. The van der Waals surface area contributed by atoms with Crippen LogP contribution in [0.5, 0.6) is 5.75 Å². The number of anilines is 3. The Morgan fingerprint density at radius 2 is 1.98 bits per heavy atom. The minimum atomic E-state index is -4.49. The highest BCUT2D eigenvalue weighted by Gasteiger charge is 2.40. The number of nitrogens with one attached hydrogen (secondary N) is 3. The van der Waals surface area contributed by atoms with Crippen molar-refractivity contribution in [3.8, 4) is 17.6 Å². The number of nitrogens with zero attached hydrogens (tertiary/aromatic N) is 2. The lowest BCUT2D eigenvalue weighted by atomic mass is 9.96. The molecule has 0 aromatic heterocycles. The van der Waals surface area contributed by atoms with E-state index in [2.05, 4.69) is 32.7 Å². The lowest BCUT2D eigenvalue weighted by Gasteiger charge is -2.43. The second-order valence-corrected chi connectivity index (χ2v) is 11.5. The molecule has 7 nitrogen and oxygen atoms in total. The van der Waals surface area contributed by atoms with E-state index in [-0.39, 0.29) is 42.0 Å². The van der Waals surface area contributed by atoms with E-state index in [0.717, 1.165) is 0 Å². The minimum Gasteiger partial charge on any atom is -0.495 e. The van der Waals surface area contributed by atoms with E-state index < -0.39 is 43.9 Å². The number of methoxy groups -OCH3 is 1. The van der Waals surface area contributed by atoms with Gasteiger partial charge in [0, 0.05) is 54.6 Å². The first kappa shape index (κ1) is 27.2. The first-order chi connectivity index (χ1) is 20.9. The number of halogens is 4. The third kappa shape index (κ3) is 7.40. The average molecular weight is 593 g/mol. The molecule has 1 fully saturated rings. The Morgan fingerprint density at radius 3 is 2.64 bits per heavy atom. The molecule has 11 heteroatoms. The first-order valence-electron chi connectivity index (χ1n) is 15.3.